The Labute approximate surface area is 163 Å². The Hall–Kier alpha value is -3.48. The molecular weight excluding hydrogens is 392 g/mol. The molecule has 0 fully saturated rings. The summed E-state index contributed by atoms with van der Waals surface area (Å²) in [7, 11) is 0. The number of carbonyl (C=O) groups is 1. The molecule has 0 spiro atoms. The lowest BCUT2D eigenvalue weighted by atomic mass is 10.1. The molecule has 0 unspecified atom stereocenters. The highest BCUT2D eigenvalue weighted by atomic mass is 35.5. The van der Waals surface area contributed by atoms with Gasteiger partial charge in [-0.15, -0.1) is 0 Å². The summed E-state index contributed by atoms with van der Waals surface area (Å²) in [6, 6.07) is 8.70. The Morgan fingerprint density at radius 1 is 1.07 bits per heavy atom. The summed E-state index contributed by atoms with van der Waals surface area (Å²) in [5.41, 5.74) is 1.55. The van der Waals surface area contributed by atoms with Crippen molar-refractivity contribution in [1.29, 1.82) is 0 Å². The minimum absolute atomic E-state index is 0.0691. The summed E-state index contributed by atoms with van der Waals surface area (Å²) in [6.45, 7) is 1.92. The van der Waals surface area contributed by atoms with Crippen LogP contribution >= 0.6 is 11.6 Å². The number of nitrogens with zero attached hydrogens (tertiary/aromatic N) is 2. The van der Waals surface area contributed by atoms with Crippen molar-refractivity contribution in [2.75, 3.05) is 5.32 Å². The van der Waals surface area contributed by atoms with E-state index in [1.54, 1.807) is 6.07 Å². The van der Waals surface area contributed by atoms with Gasteiger partial charge in [0.1, 0.15) is 17.2 Å². The van der Waals surface area contributed by atoms with E-state index in [9.17, 15) is 13.6 Å². The van der Waals surface area contributed by atoms with Gasteiger partial charge in [-0.2, -0.15) is 9.59 Å². The average Bonchev–Trinajstić information content (AvgIpc) is 2.63. The molecule has 28 heavy (non-hydrogen) atoms. The number of halogens is 3. The molecule has 0 bridgehead atoms. The van der Waals surface area contributed by atoms with Gasteiger partial charge in [-0.05, 0) is 30.7 Å². The number of aromatic nitrogens is 2. The fraction of sp³-hybridized carbons (Fsp3) is 0.0526. The maximum Gasteiger partial charge on any atom is 0.373 e. The molecule has 1 N–H and O–H groups in total. The zero-order valence-corrected chi connectivity index (χ0v) is 15.1. The van der Waals surface area contributed by atoms with Crippen LogP contribution in [0, 0.1) is 18.6 Å². The molecule has 0 saturated carbocycles. The third kappa shape index (κ3) is 5.03. The standard InChI is InChI=1S/C18H12ClF2N3O.CO2/c1-10-5-6-11(12(19)7-10)15-8-23-16(9-22-15)24-18(25)17-13(20)3-2-4-14(17)21;2-1-3/h2-9H,1H3,(H,23,24,25);. The lowest BCUT2D eigenvalue weighted by Crippen LogP contribution is -2.16. The number of amides is 1. The largest absolute Gasteiger partial charge is 0.373 e. The Morgan fingerprint density at radius 2 is 1.71 bits per heavy atom. The number of nitrogens with one attached hydrogen (secondary N) is 1. The molecule has 0 radical (unpaired) electrons. The molecule has 0 aliphatic carbocycles. The van der Waals surface area contributed by atoms with E-state index >= 15 is 0 Å². The summed E-state index contributed by atoms with van der Waals surface area (Å²) < 4.78 is 27.2. The van der Waals surface area contributed by atoms with Crippen molar-refractivity contribution < 1.29 is 23.2 Å². The summed E-state index contributed by atoms with van der Waals surface area (Å²) >= 11 is 6.18. The van der Waals surface area contributed by atoms with Crippen LogP contribution in [0.25, 0.3) is 11.3 Å². The Balaban J connectivity index is 0.000000878. The predicted octanol–water partition coefficient (Wildman–Crippen LogP) is 4.05. The van der Waals surface area contributed by atoms with Gasteiger partial charge in [0.05, 0.1) is 23.1 Å². The molecule has 1 aromatic heterocycles. The Morgan fingerprint density at radius 3 is 2.25 bits per heavy atom. The van der Waals surface area contributed by atoms with Gasteiger partial charge < -0.3 is 5.32 Å². The van der Waals surface area contributed by atoms with E-state index in [0.29, 0.717) is 16.3 Å². The molecule has 1 heterocycles. The van der Waals surface area contributed by atoms with Gasteiger partial charge >= 0.3 is 6.15 Å². The van der Waals surface area contributed by atoms with Crippen molar-refractivity contribution in [1.82, 2.24) is 9.97 Å². The van der Waals surface area contributed by atoms with Gasteiger partial charge in [-0.3, -0.25) is 9.78 Å². The van der Waals surface area contributed by atoms with Crippen LogP contribution in [0.3, 0.4) is 0 Å². The molecule has 2 aromatic carbocycles. The van der Waals surface area contributed by atoms with Crippen LogP contribution in [0.2, 0.25) is 5.02 Å². The first-order chi connectivity index (χ1) is 13.4. The smallest absolute Gasteiger partial charge is 0.305 e. The average molecular weight is 404 g/mol. The first-order valence-electron chi connectivity index (χ1n) is 7.70. The lowest BCUT2D eigenvalue weighted by molar-refractivity contribution is -0.191. The maximum absolute atomic E-state index is 13.6. The van der Waals surface area contributed by atoms with Crippen molar-refractivity contribution in [2.24, 2.45) is 0 Å². The quantitative estimate of drug-likeness (QED) is 0.712. The second kappa shape index (κ2) is 9.45. The number of hydrogen-bond acceptors (Lipinski definition) is 5. The van der Waals surface area contributed by atoms with E-state index in [0.717, 1.165) is 17.7 Å². The molecule has 142 valence electrons. The van der Waals surface area contributed by atoms with Gasteiger partial charge in [-0.1, -0.05) is 29.8 Å². The second-order valence-corrected chi connectivity index (χ2v) is 5.81. The molecule has 0 aliphatic rings. The van der Waals surface area contributed by atoms with Crippen LogP contribution in [0.1, 0.15) is 15.9 Å². The van der Waals surface area contributed by atoms with Crippen molar-refractivity contribution in [2.45, 2.75) is 6.92 Å². The predicted molar refractivity (Wildman–Crippen MR) is 96.5 cm³/mol. The molecular formula is C19H12ClF2N3O3. The van der Waals surface area contributed by atoms with E-state index in [1.165, 1.54) is 18.5 Å². The molecule has 0 aliphatic heterocycles. The molecule has 6 nitrogen and oxygen atoms in total. The van der Waals surface area contributed by atoms with Gasteiger partial charge in [0, 0.05) is 5.56 Å². The highest BCUT2D eigenvalue weighted by Gasteiger charge is 2.17. The molecule has 3 aromatic rings. The minimum Gasteiger partial charge on any atom is -0.305 e. The summed E-state index contributed by atoms with van der Waals surface area (Å²) in [5, 5.41) is 2.84. The van der Waals surface area contributed by atoms with Crippen LogP contribution < -0.4 is 5.32 Å². The summed E-state index contributed by atoms with van der Waals surface area (Å²) in [6.07, 6.45) is 2.96. The van der Waals surface area contributed by atoms with Crippen molar-refractivity contribution >= 4 is 29.5 Å². The number of anilines is 1. The lowest BCUT2D eigenvalue weighted by Gasteiger charge is -2.08. The van der Waals surface area contributed by atoms with E-state index in [2.05, 4.69) is 15.3 Å². The van der Waals surface area contributed by atoms with Crippen LogP contribution in [0.15, 0.2) is 48.8 Å². The number of aryl methyl sites for hydroxylation is 1. The van der Waals surface area contributed by atoms with E-state index in [-0.39, 0.29) is 12.0 Å². The van der Waals surface area contributed by atoms with Gasteiger partial charge in [0.15, 0.2) is 5.82 Å². The monoisotopic (exact) mass is 403 g/mol. The second-order valence-electron chi connectivity index (χ2n) is 5.40. The van der Waals surface area contributed by atoms with Crippen molar-refractivity contribution in [3.05, 3.63) is 76.6 Å². The van der Waals surface area contributed by atoms with Crippen LogP contribution in [0.4, 0.5) is 14.6 Å². The molecule has 3 rings (SSSR count). The fourth-order valence-electron chi connectivity index (χ4n) is 2.25. The normalized spacial score (nSPS) is 9.71. The Kier molecular flexibility index (Phi) is 7.03. The highest BCUT2D eigenvalue weighted by molar-refractivity contribution is 6.33. The highest BCUT2D eigenvalue weighted by Crippen LogP contribution is 2.27. The van der Waals surface area contributed by atoms with Crippen molar-refractivity contribution in [3.8, 4) is 11.3 Å². The number of hydrogen-bond donors (Lipinski definition) is 1. The Bertz CT molecular complexity index is 1020. The maximum atomic E-state index is 13.6. The molecule has 1 amide bonds. The SMILES string of the molecule is Cc1ccc(-c2cnc(NC(=O)c3c(F)cccc3F)cn2)c(Cl)c1.O=C=O. The first-order valence-corrected chi connectivity index (χ1v) is 8.08. The van der Waals surface area contributed by atoms with Crippen LogP contribution in [0.5, 0.6) is 0 Å². The first kappa shape index (κ1) is 20.8. The fourth-order valence-corrected chi connectivity index (χ4v) is 2.59. The van der Waals surface area contributed by atoms with E-state index < -0.39 is 23.1 Å². The molecule has 0 saturated heterocycles. The number of rotatable bonds is 3. The van der Waals surface area contributed by atoms with E-state index in [1.807, 2.05) is 19.1 Å². The summed E-state index contributed by atoms with van der Waals surface area (Å²) in [4.78, 5) is 36.5. The van der Waals surface area contributed by atoms with Gasteiger partial charge in [-0.25, -0.2) is 13.8 Å². The van der Waals surface area contributed by atoms with Crippen LogP contribution in [-0.2, 0) is 9.59 Å². The van der Waals surface area contributed by atoms with Crippen LogP contribution in [-0.4, -0.2) is 22.0 Å². The topological polar surface area (TPSA) is 89.0 Å². The number of carbonyl (C=O) groups excluding carboxylic acids is 3. The third-order valence-corrected chi connectivity index (χ3v) is 3.80. The molecule has 9 heteroatoms. The summed E-state index contributed by atoms with van der Waals surface area (Å²) in [5.74, 6) is -2.77. The van der Waals surface area contributed by atoms with Gasteiger partial charge in [0.25, 0.3) is 5.91 Å². The zero-order valence-electron chi connectivity index (χ0n) is 14.4. The van der Waals surface area contributed by atoms with Crippen molar-refractivity contribution in [3.63, 3.8) is 0 Å². The van der Waals surface area contributed by atoms with E-state index in [4.69, 9.17) is 21.2 Å². The minimum atomic E-state index is -0.950. The third-order valence-electron chi connectivity index (χ3n) is 3.48. The zero-order chi connectivity index (χ0) is 20.7. The number of benzene rings is 2. The molecule has 0 atom stereocenters. The van der Waals surface area contributed by atoms with Gasteiger partial charge in [0.2, 0.25) is 0 Å².